The van der Waals surface area contributed by atoms with E-state index in [4.69, 9.17) is 11.6 Å². The maximum Gasteiger partial charge on any atom is 0.434 e. The van der Waals surface area contributed by atoms with E-state index < -0.39 is 48.6 Å². The molecule has 0 spiro atoms. The van der Waals surface area contributed by atoms with Crippen LogP contribution in [0.3, 0.4) is 0 Å². The average Bonchev–Trinajstić information content (AvgIpc) is 3.22. The van der Waals surface area contributed by atoms with E-state index in [1.165, 1.54) is 30.0 Å². The topological polar surface area (TPSA) is 102 Å². The molecule has 0 aliphatic carbocycles. The molecule has 4 rings (SSSR count). The van der Waals surface area contributed by atoms with Gasteiger partial charge in [-0.15, -0.1) is 10.2 Å². The summed E-state index contributed by atoms with van der Waals surface area (Å²) in [6.45, 7) is 0.657. The Balaban J connectivity index is 1.63. The van der Waals surface area contributed by atoms with Gasteiger partial charge in [0.15, 0.2) is 5.69 Å². The van der Waals surface area contributed by atoms with Gasteiger partial charge in [-0.1, -0.05) is 18.5 Å². The molecule has 1 amide bonds. The lowest BCUT2D eigenvalue weighted by Crippen LogP contribution is -2.57. The lowest BCUT2D eigenvalue weighted by atomic mass is 9.87. The van der Waals surface area contributed by atoms with Crippen molar-refractivity contribution >= 4 is 23.3 Å². The van der Waals surface area contributed by atoms with E-state index in [0.29, 0.717) is 6.20 Å². The van der Waals surface area contributed by atoms with Crippen LogP contribution in [0, 0.1) is 5.92 Å². The number of anilines is 1. The molecular weight excluding hydrogens is 511 g/mol. The number of carbonyl (C=O) groups is 1. The molecule has 0 saturated carbocycles. The van der Waals surface area contributed by atoms with Gasteiger partial charge in [-0.3, -0.25) is 4.79 Å². The zero-order chi connectivity index (χ0) is 26.3. The molecule has 9 nitrogen and oxygen atoms in total. The Labute approximate surface area is 206 Å². The van der Waals surface area contributed by atoms with Crippen molar-refractivity contribution in [3.63, 3.8) is 0 Å². The van der Waals surface area contributed by atoms with Crippen LogP contribution in [-0.2, 0) is 13.2 Å². The van der Waals surface area contributed by atoms with Crippen LogP contribution < -0.4 is 5.32 Å². The first-order valence-corrected chi connectivity index (χ1v) is 11.1. The highest BCUT2D eigenvalue weighted by Crippen LogP contribution is 2.36. The van der Waals surface area contributed by atoms with Gasteiger partial charge < -0.3 is 10.2 Å². The smallest absolute Gasteiger partial charge is 0.367 e. The van der Waals surface area contributed by atoms with Crippen LogP contribution in [0.1, 0.15) is 29.4 Å². The molecule has 3 aromatic rings. The Morgan fingerprint density at radius 1 is 1.25 bits per heavy atom. The Hall–Kier alpha value is -3.42. The van der Waals surface area contributed by atoms with E-state index in [2.05, 4.69) is 30.7 Å². The number of halogens is 6. The molecule has 0 radical (unpaired) electrons. The zero-order valence-electron chi connectivity index (χ0n) is 19.0. The first kappa shape index (κ1) is 25.7. The number of tetrazole rings is 1. The van der Waals surface area contributed by atoms with Gasteiger partial charge in [0.2, 0.25) is 5.82 Å². The summed E-state index contributed by atoms with van der Waals surface area (Å²) in [6, 6.07) is 3.62. The fourth-order valence-corrected chi connectivity index (χ4v) is 4.26. The molecule has 2 aromatic heterocycles. The van der Waals surface area contributed by atoms with Crippen molar-refractivity contribution in [3.05, 3.63) is 46.9 Å². The summed E-state index contributed by atoms with van der Waals surface area (Å²) in [5, 5.41) is 14.7. The summed E-state index contributed by atoms with van der Waals surface area (Å²) in [5.74, 6) is -4.42. The van der Waals surface area contributed by atoms with Crippen LogP contribution in [0.4, 0.5) is 27.8 Å². The highest BCUT2D eigenvalue weighted by Gasteiger charge is 2.46. The number of alkyl halides is 5. The van der Waals surface area contributed by atoms with Crippen LogP contribution in [0.2, 0.25) is 5.02 Å². The number of hydrogen-bond acceptors (Lipinski definition) is 7. The maximum absolute atomic E-state index is 14.6. The minimum atomic E-state index is -4.65. The SMILES string of the molecule is C[C@@H]1CC(F)(F)CN(C(=O)c2cc(Cl)ccc2-c2nnn(C)n2)C1CNc1cnc(C(F)(F)F)cn1. The Kier molecular flexibility index (Phi) is 6.82. The van der Waals surface area contributed by atoms with Crippen molar-refractivity contribution in [2.75, 3.05) is 18.4 Å². The third-order valence-corrected chi connectivity index (χ3v) is 5.97. The first-order chi connectivity index (χ1) is 16.8. The normalized spacial score (nSPS) is 19.8. The summed E-state index contributed by atoms with van der Waals surface area (Å²) in [7, 11) is 1.53. The van der Waals surface area contributed by atoms with Crippen molar-refractivity contribution in [2.45, 2.75) is 31.5 Å². The second kappa shape index (κ2) is 9.56. The zero-order valence-corrected chi connectivity index (χ0v) is 19.7. The molecule has 1 unspecified atom stereocenters. The molecule has 1 aliphatic rings. The predicted molar refractivity (Wildman–Crippen MR) is 118 cm³/mol. The lowest BCUT2D eigenvalue weighted by Gasteiger charge is -2.43. The third kappa shape index (κ3) is 5.53. The van der Waals surface area contributed by atoms with Gasteiger partial charge in [-0.2, -0.15) is 18.0 Å². The van der Waals surface area contributed by atoms with E-state index in [-0.39, 0.29) is 34.3 Å². The van der Waals surface area contributed by atoms with Crippen molar-refractivity contribution in [1.82, 2.24) is 35.1 Å². The molecule has 1 N–H and O–H groups in total. The van der Waals surface area contributed by atoms with Gasteiger partial charge in [-0.25, -0.2) is 18.7 Å². The molecule has 1 saturated heterocycles. The molecule has 192 valence electrons. The molecule has 15 heteroatoms. The molecule has 1 aliphatic heterocycles. The average molecular weight is 531 g/mol. The molecule has 1 fully saturated rings. The van der Waals surface area contributed by atoms with Crippen molar-refractivity contribution in [3.8, 4) is 11.4 Å². The van der Waals surface area contributed by atoms with Crippen LogP contribution in [0.5, 0.6) is 0 Å². The summed E-state index contributed by atoms with van der Waals surface area (Å²) < 4.78 is 67.4. The van der Waals surface area contributed by atoms with E-state index >= 15 is 0 Å². The van der Waals surface area contributed by atoms with Crippen molar-refractivity contribution in [2.24, 2.45) is 13.0 Å². The summed E-state index contributed by atoms with van der Waals surface area (Å²) >= 11 is 6.11. The highest BCUT2D eigenvalue weighted by atomic mass is 35.5. The molecule has 36 heavy (non-hydrogen) atoms. The number of amides is 1. The van der Waals surface area contributed by atoms with Crippen molar-refractivity contribution < 1.29 is 26.7 Å². The van der Waals surface area contributed by atoms with Crippen molar-refractivity contribution in [1.29, 1.82) is 0 Å². The summed E-state index contributed by atoms with van der Waals surface area (Å²) in [4.78, 5) is 22.9. The number of piperidine rings is 1. The largest absolute Gasteiger partial charge is 0.434 e. The fourth-order valence-electron chi connectivity index (χ4n) is 4.09. The number of carbonyl (C=O) groups excluding carboxylic acids is 1. The standard InChI is InChI=1S/C21H20ClF5N8O/c1-11-6-20(23,24)10-35(15(11)7-29-17-9-28-16(8-30-17)21(25,26)27)19(36)14-5-12(22)3-4-13(14)18-31-33-34(2)32-18/h3-5,8-9,11,15H,6-7,10H2,1-2H3,(H,29,30)/t11-,15?/m1/s1. The Morgan fingerprint density at radius 3 is 2.61 bits per heavy atom. The third-order valence-electron chi connectivity index (χ3n) is 5.74. The predicted octanol–water partition coefficient (Wildman–Crippen LogP) is 3.94. The fraction of sp³-hybridized carbons (Fsp3) is 0.429. The Bertz CT molecular complexity index is 1250. The number of nitrogens with zero attached hydrogens (tertiary/aromatic N) is 7. The van der Waals surface area contributed by atoms with Crippen LogP contribution in [-0.4, -0.2) is 66.0 Å². The quantitative estimate of drug-likeness (QED) is 0.499. The number of nitrogens with one attached hydrogen (secondary N) is 1. The minimum Gasteiger partial charge on any atom is -0.367 e. The van der Waals surface area contributed by atoms with Gasteiger partial charge in [0.05, 0.1) is 37.6 Å². The molecule has 2 atom stereocenters. The number of aromatic nitrogens is 6. The van der Waals surface area contributed by atoms with Gasteiger partial charge in [0.1, 0.15) is 5.82 Å². The number of hydrogen-bond donors (Lipinski definition) is 1. The maximum atomic E-state index is 14.6. The molecule has 0 bridgehead atoms. The van der Waals surface area contributed by atoms with E-state index in [1.807, 2.05) is 0 Å². The monoisotopic (exact) mass is 530 g/mol. The summed E-state index contributed by atoms with van der Waals surface area (Å²) in [5.41, 5.74) is -0.888. The number of likely N-dealkylation sites (tertiary alicyclic amines) is 1. The second-order valence-electron chi connectivity index (χ2n) is 8.50. The van der Waals surface area contributed by atoms with E-state index in [0.717, 1.165) is 11.1 Å². The van der Waals surface area contributed by atoms with Gasteiger partial charge in [0, 0.05) is 23.6 Å². The van der Waals surface area contributed by atoms with Crippen LogP contribution in [0.15, 0.2) is 30.6 Å². The van der Waals surface area contributed by atoms with Gasteiger partial charge >= 0.3 is 6.18 Å². The second-order valence-corrected chi connectivity index (χ2v) is 8.93. The number of aryl methyl sites for hydroxylation is 1. The molecule has 3 heterocycles. The number of benzene rings is 1. The van der Waals surface area contributed by atoms with Crippen LogP contribution >= 0.6 is 11.6 Å². The van der Waals surface area contributed by atoms with Gasteiger partial charge in [0.25, 0.3) is 11.8 Å². The number of rotatable bonds is 5. The van der Waals surface area contributed by atoms with E-state index in [9.17, 15) is 26.7 Å². The van der Waals surface area contributed by atoms with Crippen LogP contribution in [0.25, 0.3) is 11.4 Å². The highest BCUT2D eigenvalue weighted by molar-refractivity contribution is 6.31. The Morgan fingerprint density at radius 2 is 2.00 bits per heavy atom. The molecular formula is C21H20ClF5N8O. The molecule has 1 aromatic carbocycles. The minimum absolute atomic E-state index is 0.00661. The summed E-state index contributed by atoms with van der Waals surface area (Å²) in [6.07, 6.45) is -3.66. The van der Waals surface area contributed by atoms with Gasteiger partial charge in [-0.05, 0) is 29.3 Å². The van der Waals surface area contributed by atoms with E-state index in [1.54, 1.807) is 6.92 Å². The lowest BCUT2D eigenvalue weighted by molar-refractivity contribution is -0.141. The first-order valence-electron chi connectivity index (χ1n) is 10.7.